The van der Waals surface area contributed by atoms with Crippen LogP contribution in [0.15, 0.2) is 30.7 Å². The highest BCUT2D eigenvalue weighted by atomic mass is 16.2. The molecule has 1 saturated carbocycles. The smallest absolute Gasteiger partial charge is 0.234 e. The van der Waals surface area contributed by atoms with Gasteiger partial charge in [0.15, 0.2) is 0 Å². The summed E-state index contributed by atoms with van der Waals surface area (Å²) in [4.78, 5) is 18.4. The topological polar surface area (TPSA) is 63.1 Å². The van der Waals surface area contributed by atoms with E-state index in [4.69, 9.17) is 0 Å². The summed E-state index contributed by atoms with van der Waals surface area (Å²) in [5.41, 5.74) is 3.68. The van der Waals surface area contributed by atoms with Gasteiger partial charge in [0.05, 0.1) is 19.3 Å². The van der Waals surface area contributed by atoms with E-state index in [-0.39, 0.29) is 5.91 Å². The van der Waals surface area contributed by atoms with Crippen LogP contribution in [0.1, 0.15) is 37.3 Å². The third-order valence-corrected chi connectivity index (χ3v) is 5.05. The lowest BCUT2D eigenvalue weighted by Gasteiger charge is -2.14. The lowest BCUT2D eigenvalue weighted by molar-refractivity contribution is -0.122. The number of likely N-dealkylation sites (tertiary alicyclic amines) is 1. The minimum Gasteiger partial charge on any atom is -0.353 e. The van der Waals surface area contributed by atoms with Gasteiger partial charge in [-0.05, 0) is 56.5 Å². The lowest BCUT2D eigenvalue weighted by atomic mass is 10.1. The molecule has 2 aromatic heterocycles. The normalized spacial score (nSPS) is 17.8. The number of carbonyl (C=O) groups excluding carboxylic acids is 1. The molecule has 132 valence electrons. The molecule has 2 aliphatic rings. The minimum absolute atomic E-state index is 0.122. The highest BCUT2D eigenvalue weighted by Crippen LogP contribution is 2.44. The summed E-state index contributed by atoms with van der Waals surface area (Å²) in [6, 6.07) is 4.07. The van der Waals surface area contributed by atoms with Gasteiger partial charge in [0.25, 0.3) is 0 Å². The molecule has 1 amide bonds. The predicted octanol–water partition coefficient (Wildman–Crippen LogP) is 2.03. The molecule has 0 atom stereocenters. The van der Waals surface area contributed by atoms with Crippen LogP contribution in [-0.4, -0.2) is 51.8 Å². The maximum absolute atomic E-state index is 12.1. The molecular formula is C19H25N5O. The monoisotopic (exact) mass is 339 g/mol. The van der Waals surface area contributed by atoms with Crippen molar-refractivity contribution >= 4 is 5.91 Å². The molecule has 0 unspecified atom stereocenters. The van der Waals surface area contributed by atoms with E-state index in [1.165, 1.54) is 42.5 Å². The first-order valence-corrected chi connectivity index (χ1v) is 9.26. The largest absolute Gasteiger partial charge is 0.353 e. The molecule has 6 nitrogen and oxygen atoms in total. The summed E-state index contributed by atoms with van der Waals surface area (Å²) in [5.74, 6) is 0.724. The lowest BCUT2D eigenvalue weighted by Crippen LogP contribution is -2.37. The zero-order chi connectivity index (χ0) is 17.1. The van der Waals surface area contributed by atoms with Crippen molar-refractivity contribution in [1.82, 2.24) is 25.0 Å². The molecule has 1 N–H and O–H groups in total. The Hall–Kier alpha value is -2.21. The van der Waals surface area contributed by atoms with Crippen molar-refractivity contribution in [2.75, 3.05) is 26.2 Å². The van der Waals surface area contributed by atoms with E-state index in [9.17, 15) is 4.79 Å². The number of hydrogen-bond acceptors (Lipinski definition) is 4. The van der Waals surface area contributed by atoms with Gasteiger partial charge in [-0.1, -0.05) is 0 Å². The molecule has 0 spiro atoms. The molecule has 6 heteroatoms. The van der Waals surface area contributed by atoms with E-state index in [1.54, 1.807) is 0 Å². The zero-order valence-corrected chi connectivity index (χ0v) is 14.5. The van der Waals surface area contributed by atoms with Crippen molar-refractivity contribution in [3.8, 4) is 11.1 Å². The van der Waals surface area contributed by atoms with Gasteiger partial charge >= 0.3 is 0 Å². The van der Waals surface area contributed by atoms with E-state index >= 15 is 0 Å². The summed E-state index contributed by atoms with van der Waals surface area (Å²) in [5, 5.41) is 7.63. The van der Waals surface area contributed by atoms with Crippen LogP contribution in [0.2, 0.25) is 0 Å². The SMILES string of the molecule is O=C(CN1CCCC1)NCCn1ncc(-c2ccncc2)c1C1CC1. The van der Waals surface area contributed by atoms with Gasteiger partial charge in [0.1, 0.15) is 0 Å². The Kier molecular flexibility index (Phi) is 4.78. The van der Waals surface area contributed by atoms with Crippen LogP contribution in [0.5, 0.6) is 0 Å². The standard InChI is InChI=1S/C19H25N5O/c25-18(14-23-10-1-2-11-23)21-9-12-24-19(16-3-4-16)17(13-22-24)15-5-7-20-8-6-15/h5-8,13,16H,1-4,9-12,14H2,(H,21,25). The fourth-order valence-electron chi connectivity index (χ4n) is 3.62. The summed E-state index contributed by atoms with van der Waals surface area (Å²) in [6.07, 6.45) is 10.5. The molecule has 2 aromatic rings. The number of amides is 1. The quantitative estimate of drug-likeness (QED) is 0.838. The van der Waals surface area contributed by atoms with E-state index in [1.807, 2.05) is 30.7 Å². The van der Waals surface area contributed by atoms with Crippen LogP contribution in [0.3, 0.4) is 0 Å². The third kappa shape index (κ3) is 3.90. The fraction of sp³-hybridized carbons (Fsp3) is 0.526. The van der Waals surface area contributed by atoms with Gasteiger partial charge in [-0.25, -0.2) is 0 Å². The molecule has 4 rings (SSSR count). The number of nitrogens with one attached hydrogen (secondary N) is 1. The van der Waals surface area contributed by atoms with Crippen molar-refractivity contribution in [3.63, 3.8) is 0 Å². The van der Waals surface area contributed by atoms with Crippen molar-refractivity contribution in [2.45, 2.75) is 38.1 Å². The average Bonchev–Trinajstić information content (AvgIpc) is 3.17. The van der Waals surface area contributed by atoms with Crippen LogP contribution in [0, 0.1) is 0 Å². The molecule has 0 bridgehead atoms. The first-order chi connectivity index (χ1) is 12.3. The van der Waals surface area contributed by atoms with Crippen molar-refractivity contribution in [2.24, 2.45) is 0 Å². The molecule has 1 aliphatic heterocycles. The molecule has 0 radical (unpaired) electrons. The third-order valence-electron chi connectivity index (χ3n) is 5.05. The number of hydrogen-bond donors (Lipinski definition) is 1. The van der Waals surface area contributed by atoms with Gasteiger partial charge < -0.3 is 5.32 Å². The van der Waals surface area contributed by atoms with Crippen LogP contribution >= 0.6 is 0 Å². The summed E-state index contributed by atoms with van der Waals surface area (Å²) in [7, 11) is 0. The maximum Gasteiger partial charge on any atom is 0.234 e. The predicted molar refractivity (Wildman–Crippen MR) is 96.1 cm³/mol. The summed E-state index contributed by atoms with van der Waals surface area (Å²) >= 11 is 0. The van der Waals surface area contributed by atoms with E-state index in [0.29, 0.717) is 19.0 Å². The molecular weight excluding hydrogens is 314 g/mol. The number of pyridine rings is 1. The Bertz CT molecular complexity index is 717. The van der Waals surface area contributed by atoms with Gasteiger partial charge in [0.2, 0.25) is 5.91 Å². The number of nitrogens with zero attached hydrogens (tertiary/aromatic N) is 4. The van der Waals surface area contributed by atoms with Crippen molar-refractivity contribution < 1.29 is 4.79 Å². The fourth-order valence-corrected chi connectivity index (χ4v) is 3.62. The Morgan fingerprint density at radius 1 is 1.20 bits per heavy atom. The Balaban J connectivity index is 1.37. The van der Waals surface area contributed by atoms with Crippen LogP contribution < -0.4 is 5.32 Å². The summed E-state index contributed by atoms with van der Waals surface area (Å²) in [6.45, 7) is 3.98. The Morgan fingerprint density at radius 3 is 2.68 bits per heavy atom. The van der Waals surface area contributed by atoms with Crippen LogP contribution in [-0.2, 0) is 11.3 Å². The Morgan fingerprint density at radius 2 is 1.96 bits per heavy atom. The molecule has 3 heterocycles. The van der Waals surface area contributed by atoms with Gasteiger partial charge in [0, 0.05) is 36.1 Å². The average molecular weight is 339 g/mol. The second kappa shape index (κ2) is 7.35. The molecule has 1 saturated heterocycles. The van der Waals surface area contributed by atoms with Crippen molar-refractivity contribution in [3.05, 3.63) is 36.4 Å². The molecule has 1 aliphatic carbocycles. The number of carbonyl (C=O) groups is 1. The first kappa shape index (κ1) is 16.3. The van der Waals surface area contributed by atoms with Gasteiger partial charge in [-0.2, -0.15) is 5.10 Å². The highest BCUT2D eigenvalue weighted by Gasteiger charge is 2.30. The molecule has 25 heavy (non-hydrogen) atoms. The number of rotatable bonds is 7. The second-order valence-corrected chi connectivity index (χ2v) is 7.01. The molecule has 0 aromatic carbocycles. The Labute approximate surface area is 148 Å². The van der Waals surface area contributed by atoms with Crippen molar-refractivity contribution in [1.29, 1.82) is 0 Å². The number of aromatic nitrogens is 3. The summed E-state index contributed by atoms with van der Waals surface area (Å²) < 4.78 is 2.07. The second-order valence-electron chi connectivity index (χ2n) is 7.01. The maximum atomic E-state index is 12.1. The van der Waals surface area contributed by atoms with Gasteiger partial charge in [-0.15, -0.1) is 0 Å². The highest BCUT2D eigenvalue weighted by molar-refractivity contribution is 5.78. The zero-order valence-electron chi connectivity index (χ0n) is 14.5. The first-order valence-electron chi connectivity index (χ1n) is 9.26. The molecule has 2 fully saturated rings. The van der Waals surface area contributed by atoms with Crippen LogP contribution in [0.4, 0.5) is 0 Å². The minimum atomic E-state index is 0.122. The van der Waals surface area contributed by atoms with Gasteiger partial charge in [-0.3, -0.25) is 19.4 Å². The van der Waals surface area contributed by atoms with Crippen LogP contribution in [0.25, 0.3) is 11.1 Å². The van der Waals surface area contributed by atoms with E-state index < -0.39 is 0 Å². The van der Waals surface area contributed by atoms with E-state index in [0.717, 1.165) is 19.6 Å². The van der Waals surface area contributed by atoms with E-state index in [2.05, 4.69) is 25.0 Å².